The maximum Gasteiger partial charge on any atom is 0.330 e. The minimum absolute atomic E-state index is 0.175. The quantitative estimate of drug-likeness (QED) is 0.680. The van der Waals surface area contributed by atoms with Crippen molar-refractivity contribution in [3.63, 3.8) is 0 Å². The number of carbonyl (C=O) groups is 1. The highest BCUT2D eigenvalue weighted by Crippen LogP contribution is 2.02. The summed E-state index contributed by atoms with van der Waals surface area (Å²) in [5.74, 6) is -0.935. The van der Waals surface area contributed by atoms with Crippen LogP contribution in [0, 0.1) is 0 Å². The molecule has 1 aromatic carbocycles. The first-order valence-electron chi connectivity index (χ1n) is 4.86. The molecule has 1 rings (SSSR count). The summed E-state index contributed by atoms with van der Waals surface area (Å²) in [6.07, 6.45) is 0. The standard InChI is InChI=1S/C8H11NO.C4H6O2/c10-7-6-9-8-4-2-1-3-5-8;1-3(2)4(5)6/h1-5,9-10H,6-7H2;1H2,2H3,(H,5,6). The molecule has 0 saturated carbocycles. The molecular weight excluding hydrogens is 206 g/mol. The van der Waals surface area contributed by atoms with E-state index < -0.39 is 5.97 Å². The summed E-state index contributed by atoms with van der Waals surface area (Å²) in [5.41, 5.74) is 1.23. The highest BCUT2D eigenvalue weighted by molar-refractivity contribution is 5.84. The fourth-order valence-corrected chi connectivity index (χ4v) is 0.756. The Morgan fingerprint density at radius 3 is 2.25 bits per heavy atom. The van der Waals surface area contributed by atoms with Crippen LogP contribution < -0.4 is 5.32 Å². The number of hydrogen-bond acceptors (Lipinski definition) is 3. The van der Waals surface area contributed by atoms with Crippen molar-refractivity contribution in [1.82, 2.24) is 0 Å². The Morgan fingerprint density at radius 1 is 1.38 bits per heavy atom. The van der Waals surface area contributed by atoms with E-state index in [9.17, 15) is 4.79 Å². The molecule has 0 bridgehead atoms. The van der Waals surface area contributed by atoms with Crippen LogP contribution in [0.1, 0.15) is 6.92 Å². The van der Waals surface area contributed by atoms with Gasteiger partial charge in [-0.3, -0.25) is 0 Å². The molecule has 0 atom stereocenters. The Kier molecular flexibility index (Phi) is 7.53. The Bertz CT molecular complexity index is 310. The third-order valence-electron chi connectivity index (χ3n) is 1.58. The van der Waals surface area contributed by atoms with Crippen LogP contribution in [0.4, 0.5) is 5.69 Å². The second kappa shape index (κ2) is 8.49. The largest absolute Gasteiger partial charge is 0.478 e. The van der Waals surface area contributed by atoms with Gasteiger partial charge in [0.1, 0.15) is 0 Å². The van der Waals surface area contributed by atoms with Crippen molar-refractivity contribution in [3.05, 3.63) is 42.5 Å². The van der Waals surface area contributed by atoms with Gasteiger partial charge in [0, 0.05) is 17.8 Å². The molecule has 3 N–H and O–H groups in total. The molecule has 0 heterocycles. The van der Waals surface area contributed by atoms with Crippen LogP contribution in [0.5, 0.6) is 0 Å². The summed E-state index contributed by atoms with van der Waals surface area (Å²) in [7, 11) is 0. The zero-order valence-corrected chi connectivity index (χ0v) is 9.31. The number of hydrogen-bond donors (Lipinski definition) is 3. The number of rotatable bonds is 4. The molecule has 0 aliphatic rings. The first kappa shape index (κ1) is 14.2. The molecule has 4 nitrogen and oxygen atoms in total. The maximum atomic E-state index is 9.60. The van der Waals surface area contributed by atoms with Crippen molar-refractivity contribution in [1.29, 1.82) is 0 Å². The Morgan fingerprint density at radius 2 is 1.88 bits per heavy atom. The van der Waals surface area contributed by atoms with Crippen molar-refractivity contribution < 1.29 is 15.0 Å². The Labute approximate surface area is 95.2 Å². The fraction of sp³-hybridized carbons (Fsp3) is 0.250. The molecule has 0 unspecified atom stereocenters. The van der Waals surface area contributed by atoms with Gasteiger partial charge in [-0.25, -0.2) is 4.79 Å². The van der Waals surface area contributed by atoms with Gasteiger partial charge in [-0.05, 0) is 19.1 Å². The van der Waals surface area contributed by atoms with Gasteiger partial charge in [-0.2, -0.15) is 0 Å². The van der Waals surface area contributed by atoms with E-state index in [-0.39, 0.29) is 12.2 Å². The van der Waals surface area contributed by atoms with E-state index in [0.29, 0.717) is 6.54 Å². The lowest BCUT2D eigenvalue weighted by Gasteiger charge is -2.01. The molecule has 1 aromatic rings. The summed E-state index contributed by atoms with van der Waals surface area (Å²) in [5, 5.41) is 19.4. The first-order valence-corrected chi connectivity index (χ1v) is 4.86. The second-order valence-corrected chi connectivity index (χ2v) is 3.10. The number of carboxylic acids is 1. The summed E-state index contributed by atoms with van der Waals surface area (Å²) in [4.78, 5) is 9.60. The van der Waals surface area contributed by atoms with Gasteiger partial charge in [0.25, 0.3) is 0 Å². The third kappa shape index (κ3) is 7.58. The van der Waals surface area contributed by atoms with Crippen molar-refractivity contribution in [2.75, 3.05) is 18.5 Å². The molecule has 16 heavy (non-hydrogen) atoms. The van der Waals surface area contributed by atoms with Crippen molar-refractivity contribution in [2.45, 2.75) is 6.92 Å². The van der Waals surface area contributed by atoms with E-state index >= 15 is 0 Å². The average molecular weight is 223 g/mol. The molecule has 0 saturated heterocycles. The summed E-state index contributed by atoms with van der Waals surface area (Å²) < 4.78 is 0. The van der Waals surface area contributed by atoms with E-state index in [0.717, 1.165) is 5.69 Å². The normalized spacial score (nSPS) is 8.62. The van der Waals surface area contributed by atoms with Gasteiger partial charge < -0.3 is 15.5 Å². The highest BCUT2D eigenvalue weighted by atomic mass is 16.4. The number of benzene rings is 1. The zero-order chi connectivity index (χ0) is 12.4. The molecule has 4 heteroatoms. The number of para-hydroxylation sites is 1. The van der Waals surface area contributed by atoms with Gasteiger partial charge >= 0.3 is 5.97 Å². The number of anilines is 1. The molecule has 0 aliphatic heterocycles. The van der Waals surface area contributed by atoms with Crippen molar-refractivity contribution >= 4 is 11.7 Å². The maximum absolute atomic E-state index is 9.60. The van der Waals surface area contributed by atoms with Gasteiger partial charge in [0.2, 0.25) is 0 Å². The number of carboxylic acid groups (broad SMARTS) is 1. The zero-order valence-electron chi connectivity index (χ0n) is 9.31. The highest BCUT2D eigenvalue weighted by Gasteiger charge is 1.90. The van der Waals surface area contributed by atoms with Gasteiger partial charge in [-0.1, -0.05) is 24.8 Å². The first-order chi connectivity index (χ1) is 7.57. The van der Waals surface area contributed by atoms with Crippen molar-refractivity contribution in [3.8, 4) is 0 Å². The topological polar surface area (TPSA) is 69.6 Å². The van der Waals surface area contributed by atoms with Gasteiger partial charge in [0.15, 0.2) is 0 Å². The molecular formula is C12H17NO3. The molecule has 0 radical (unpaired) electrons. The van der Waals surface area contributed by atoms with Crippen LogP contribution in [-0.2, 0) is 4.79 Å². The molecule has 0 aliphatic carbocycles. The average Bonchev–Trinajstić information content (AvgIpc) is 2.28. The van der Waals surface area contributed by atoms with Crippen LogP contribution in [-0.4, -0.2) is 29.3 Å². The predicted molar refractivity (Wildman–Crippen MR) is 64.5 cm³/mol. The van der Waals surface area contributed by atoms with E-state index in [1.807, 2.05) is 30.3 Å². The SMILES string of the molecule is C=C(C)C(=O)O.OCCNc1ccccc1. The van der Waals surface area contributed by atoms with Crippen LogP contribution in [0.25, 0.3) is 0 Å². The lowest BCUT2D eigenvalue weighted by Crippen LogP contribution is -2.04. The molecule has 0 spiro atoms. The van der Waals surface area contributed by atoms with E-state index in [2.05, 4.69) is 11.9 Å². The van der Waals surface area contributed by atoms with Crippen LogP contribution in [0.2, 0.25) is 0 Å². The summed E-state index contributed by atoms with van der Waals surface area (Å²) in [6, 6.07) is 9.81. The monoisotopic (exact) mass is 223 g/mol. The van der Waals surface area contributed by atoms with E-state index in [1.54, 1.807) is 0 Å². The molecule has 0 fully saturated rings. The number of aliphatic hydroxyl groups is 1. The van der Waals surface area contributed by atoms with Gasteiger partial charge in [0.05, 0.1) is 6.61 Å². The van der Waals surface area contributed by atoms with Crippen molar-refractivity contribution in [2.24, 2.45) is 0 Å². The van der Waals surface area contributed by atoms with Crippen LogP contribution >= 0.6 is 0 Å². The number of aliphatic carboxylic acids is 1. The van der Waals surface area contributed by atoms with E-state index in [1.165, 1.54) is 6.92 Å². The number of aliphatic hydroxyl groups excluding tert-OH is 1. The number of nitrogens with one attached hydrogen (secondary N) is 1. The third-order valence-corrected chi connectivity index (χ3v) is 1.58. The predicted octanol–water partition coefficient (Wildman–Crippen LogP) is 1.74. The van der Waals surface area contributed by atoms with Gasteiger partial charge in [-0.15, -0.1) is 0 Å². The van der Waals surface area contributed by atoms with E-state index in [4.69, 9.17) is 10.2 Å². The lowest BCUT2D eigenvalue weighted by atomic mass is 10.3. The Balaban J connectivity index is 0.000000325. The minimum Gasteiger partial charge on any atom is -0.478 e. The van der Waals surface area contributed by atoms with Crippen LogP contribution in [0.15, 0.2) is 42.5 Å². The van der Waals surface area contributed by atoms with Crippen LogP contribution in [0.3, 0.4) is 0 Å². The molecule has 0 amide bonds. The molecule has 88 valence electrons. The summed E-state index contributed by atoms with van der Waals surface area (Å²) in [6.45, 7) is 5.39. The lowest BCUT2D eigenvalue weighted by molar-refractivity contribution is -0.132. The summed E-state index contributed by atoms with van der Waals surface area (Å²) >= 11 is 0. The Hall–Kier alpha value is -1.81. The second-order valence-electron chi connectivity index (χ2n) is 3.10. The minimum atomic E-state index is -0.935. The smallest absolute Gasteiger partial charge is 0.330 e. The fourth-order valence-electron chi connectivity index (χ4n) is 0.756. The molecule has 0 aromatic heterocycles.